The summed E-state index contributed by atoms with van der Waals surface area (Å²) in [4.78, 5) is 14.0. The number of amides is 1. The Balaban J connectivity index is 1.83. The fourth-order valence-corrected chi connectivity index (χ4v) is 2.23. The topological polar surface area (TPSA) is 68.5 Å². The smallest absolute Gasteiger partial charge is 0.267 e. The van der Waals surface area contributed by atoms with E-state index < -0.39 is 6.10 Å². The van der Waals surface area contributed by atoms with Gasteiger partial charge >= 0.3 is 0 Å². The predicted molar refractivity (Wildman–Crippen MR) is 88.2 cm³/mol. The van der Waals surface area contributed by atoms with Gasteiger partial charge in [-0.3, -0.25) is 4.79 Å². The highest BCUT2D eigenvalue weighted by Gasteiger charge is 2.24. The van der Waals surface area contributed by atoms with Gasteiger partial charge in [0.2, 0.25) is 18.4 Å². The molecule has 1 heterocycles. The average Bonchev–Trinajstić information content (AvgIpc) is 3.15. The van der Waals surface area contributed by atoms with Gasteiger partial charge in [0.25, 0.3) is 5.91 Å². The number of carbonyl (C=O) groups is 1. The Labute approximate surface area is 139 Å². The molecule has 1 aromatic heterocycles. The van der Waals surface area contributed by atoms with Crippen molar-refractivity contribution in [3.63, 3.8) is 0 Å². The fourth-order valence-electron chi connectivity index (χ4n) is 2.23. The van der Waals surface area contributed by atoms with Crippen LogP contribution < -0.4 is 4.74 Å². The minimum atomic E-state index is -0.699. The van der Waals surface area contributed by atoms with Gasteiger partial charge in [-0.2, -0.15) is 0 Å². The molecule has 24 heavy (non-hydrogen) atoms. The maximum Gasteiger partial charge on any atom is 0.267 e. The zero-order chi connectivity index (χ0) is 16.9. The van der Waals surface area contributed by atoms with Crippen molar-refractivity contribution in [1.29, 1.82) is 0 Å². The van der Waals surface area contributed by atoms with Crippen LogP contribution >= 0.6 is 0 Å². The molecular formula is C18H17N3O3. The lowest BCUT2D eigenvalue weighted by molar-refractivity contribution is -0.136. The molecule has 122 valence electrons. The molecule has 0 aliphatic rings. The molecule has 1 atom stereocenters. The highest BCUT2D eigenvalue weighted by Crippen LogP contribution is 2.26. The second-order valence-electron chi connectivity index (χ2n) is 5.41. The van der Waals surface area contributed by atoms with E-state index in [4.69, 9.17) is 9.15 Å². The molecule has 0 radical (unpaired) electrons. The van der Waals surface area contributed by atoms with E-state index in [0.29, 0.717) is 11.6 Å². The van der Waals surface area contributed by atoms with E-state index in [2.05, 4.69) is 10.2 Å². The summed E-state index contributed by atoms with van der Waals surface area (Å²) in [6.07, 6.45) is 0.580. The maximum absolute atomic E-state index is 12.5. The van der Waals surface area contributed by atoms with Gasteiger partial charge in [0.05, 0.1) is 0 Å². The number of hydrogen-bond acceptors (Lipinski definition) is 5. The molecule has 0 saturated heterocycles. The predicted octanol–water partition coefficient (Wildman–Crippen LogP) is 2.94. The number of likely N-dealkylation sites (N-methyl/N-ethyl adjacent to an activating group) is 1. The van der Waals surface area contributed by atoms with E-state index in [0.717, 1.165) is 11.1 Å². The minimum absolute atomic E-state index is 0.123. The Hall–Kier alpha value is -3.15. The van der Waals surface area contributed by atoms with Crippen molar-refractivity contribution in [2.45, 2.75) is 6.10 Å². The lowest BCUT2D eigenvalue weighted by atomic mass is 10.1. The molecule has 0 bridgehead atoms. The first-order valence-corrected chi connectivity index (χ1v) is 7.44. The van der Waals surface area contributed by atoms with Gasteiger partial charge in [0.1, 0.15) is 5.75 Å². The van der Waals surface area contributed by atoms with Gasteiger partial charge in [-0.05, 0) is 24.3 Å². The average molecular weight is 323 g/mol. The summed E-state index contributed by atoms with van der Waals surface area (Å²) in [5.41, 5.74) is 1.59. The Bertz CT molecular complexity index is 784. The van der Waals surface area contributed by atoms with Crippen molar-refractivity contribution >= 4 is 5.91 Å². The monoisotopic (exact) mass is 323 g/mol. The third kappa shape index (κ3) is 3.43. The lowest BCUT2D eigenvalue weighted by Crippen LogP contribution is -2.31. The van der Waals surface area contributed by atoms with Crippen molar-refractivity contribution in [1.82, 2.24) is 15.1 Å². The van der Waals surface area contributed by atoms with Gasteiger partial charge in [0.15, 0.2) is 0 Å². The Morgan fingerprint density at radius 2 is 1.79 bits per heavy atom. The van der Waals surface area contributed by atoms with Crippen molar-refractivity contribution in [2.24, 2.45) is 0 Å². The molecule has 0 fully saturated rings. The second-order valence-corrected chi connectivity index (χ2v) is 5.41. The molecule has 6 heteroatoms. The quantitative estimate of drug-likeness (QED) is 0.722. The first-order chi connectivity index (χ1) is 11.6. The molecule has 3 aromatic rings. The van der Waals surface area contributed by atoms with Crippen LogP contribution in [0.3, 0.4) is 0 Å². The summed E-state index contributed by atoms with van der Waals surface area (Å²) in [7, 11) is 3.42. The van der Waals surface area contributed by atoms with E-state index in [1.54, 1.807) is 26.2 Å². The van der Waals surface area contributed by atoms with Gasteiger partial charge in [-0.15, -0.1) is 10.2 Å². The Morgan fingerprint density at radius 1 is 1.08 bits per heavy atom. The van der Waals surface area contributed by atoms with E-state index in [1.807, 2.05) is 42.5 Å². The second kappa shape index (κ2) is 6.95. The highest BCUT2D eigenvalue weighted by molar-refractivity contribution is 5.82. The van der Waals surface area contributed by atoms with Gasteiger partial charge < -0.3 is 14.1 Å². The number of benzene rings is 2. The number of hydrogen-bond donors (Lipinski definition) is 0. The summed E-state index contributed by atoms with van der Waals surface area (Å²) in [6.45, 7) is 0. The van der Waals surface area contributed by atoms with Crippen LogP contribution in [0.4, 0.5) is 0 Å². The van der Waals surface area contributed by atoms with Crippen molar-refractivity contribution < 1.29 is 13.9 Å². The molecular weight excluding hydrogens is 306 g/mol. The van der Waals surface area contributed by atoms with Crippen LogP contribution in [0, 0.1) is 0 Å². The fraction of sp³-hybridized carbons (Fsp3) is 0.167. The lowest BCUT2D eigenvalue weighted by Gasteiger charge is -2.22. The number of ether oxygens (including phenoxy) is 1. The third-order valence-corrected chi connectivity index (χ3v) is 3.48. The normalized spacial score (nSPS) is 11.8. The summed E-state index contributed by atoms with van der Waals surface area (Å²) in [6, 6.07) is 16.6. The largest absolute Gasteiger partial charge is 0.476 e. The molecule has 1 amide bonds. The van der Waals surface area contributed by atoms with Crippen LogP contribution in [0.1, 0.15) is 11.7 Å². The van der Waals surface area contributed by atoms with Crippen LogP contribution in [0.25, 0.3) is 11.5 Å². The molecule has 0 N–H and O–H groups in total. The van der Waals surface area contributed by atoms with E-state index in [-0.39, 0.29) is 5.91 Å². The van der Waals surface area contributed by atoms with Crippen molar-refractivity contribution in [3.05, 3.63) is 66.6 Å². The van der Waals surface area contributed by atoms with Gasteiger partial charge in [0, 0.05) is 25.2 Å². The number of rotatable bonds is 5. The Morgan fingerprint density at radius 3 is 2.38 bits per heavy atom. The SMILES string of the molecule is CN(C)C(=O)C(Oc1ccc(-c2nnco2)cc1)c1ccccc1. The van der Waals surface area contributed by atoms with E-state index in [1.165, 1.54) is 11.3 Å². The first kappa shape index (κ1) is 15.7. The number of nitrogens with zero attached hydrogens (tertiary/aromatic N) is 3. The summed E-state index contributed by atoms with van der Waals surface area (Å²) < 4.78 is 11.1. The summed E-state index contributed by atoms with van der Waals surface area (Å²) >= 11 is 0. The molecule has 0 spiro atoms. The van der Waals surface area contributed by atoms with Gasteiger partial charge in [-0.1, -0.05) is 30.3 Å². The molecule has 2 aromatic carbocycles. The maximum atomic E-state index is 12.5. The first-order valence-electron chi connectivity index (χ1n) is 7.44. The van der Waals surface area contributed by atoms with E-state index >= 15 is 0 Å². The van der Waals surface area contributed by atoms with Crippen LogP contribution in [-0.4, -0.2) is 35.1 Å². The number of carbonyl (C=O) groups excluding carboxylic acids is 1. The molecule has 0 saturated carbocycles. The van der Waals surface area contributed by atoms with Crippen molar-refractivity contribution in [2.75, 3.05) is 14.1 Å². The molecule has 0 aliphatic carbocycles. The third-order valence-electron chi connectivity index (χ3n) is 3.48. The van der Waals surface area contributed by atoms with Crippen LogP contribution in [0.2, 0.25) is 0 Å². The molecule has 0 aliphatic heterocycles. The highest BCUT2D eigenvalue weighted by atomic mass is 16.5. The van der Waals surface area contributed by atoms with Crippen LogP contribution in [0.15, 0.2) is 65.4 Å². The van der Waals surface area contributed by atoms with Crippen molar-refractivity contribution in [3.8, 4) is 17.2 Å². The van der Waals surface area contributed by atoms with Crippen LogP contribution in [0.5, 0.6) is 5.75 Å². The minimum Gasteiger partial charge on any atom is -0.476 e. The summed E-state index contributed by atoms with van der Waals surface area (Å²) in [5.74, 6) is 0.898. The number of aromatic nitrogens is 2. The Kier molecular flexibility index (Phi) is 4.56. The standard InChI is InChI=1S/C18H17N3O3/c1-21(2)18(22)16(13-6-4-3-5-7-13)24-15-10-8-14(9-11-15)17-20-19-12-23-17/h3-12,16H,1-2H3. The molecule has 1 unspecified atom stereocenters. The van der Waals surface area contributed by atoms with Crippen LogP contribution in [-0.2, 0) is 4.79 Å². The van der Waals surface area contributed by atoms with E-state index in [9.17, 15) is 4.79 Å². The zero-order valence-electron chi connectivity index (χ0n) is 13.4. The zero-order valence-corrected chi connectivity index (χ0v) is 13.4. The molecule has 3 rings (SSSR count). The van der Waals surface area contributed by atoms with Gasteiger partial charge in [-0.25, -0.2) is 0 Å². The summed E-state index contributed by atoms with van der Waals surface area (Å²) in [5, 5.41) is 7.51. The molecule has 6 nitrogen and oxygen atoms in total.